The summed E-state index contributed by atoms with van der Waals surface area (Å²) in [5.41, 5.74) is 14.0. The molecule has 0 amide bonds. The van der Waals surface area contributed by atoms with Crippen LogP contribution in [0.2, 0.25) is 0 Å². The summed E-state index contributed by atoms with van der Waals surface area (Å²) in [5.74, 6) is 0.464. The molecule has 2 aromatic carbocycles. The summed E-state index contributed by atoms with van der Waals surface area (Å²) in [5, 5.41) is 0. The van der Waals surface area contributed by atoms with E-state index in [9.17, 15) is 0 Å². The molecule has 4 rings (SSSR count). The van der Waals surface area contributed by atoms with Gasteiger partial charge in [0, 0.05) is 24.7 Å². The number of nitrogens with two attached hydrogens (primary N) is 1. The van der Waals surface area contributed by atoms with E-state index in [1.165, 1.54) is 47.2 Å². The van der Waals surface area contributed by atoms with Crippen molar-refractivity contribution in [3.05, 3.63) is 89.1 Å². The second kappa shape index (κ2) is 8.14. The van der Waals surface area contributed by atoms with E-state index in [1.54, 1.807) is 0 Å². The van der Waals surface area contributed by atoms with Crippen molar-refractivity contribution in [1.82, 2.24) is 4.90 Å². The van der Waals surface area contributed by atoms with Gasteiger partial charge in [-0.15, -0.1) is 0 Å². The van der Waals surface area contributed by atoms with Crippen LogP contribution in [0.3, 0.4) is 0 Å². The first-order valence-corrected chi connectivity index (χ1v) is 10.3. The molecule has 27 heavy (non-hydrogen) atoms. The van der Waals surface area contributed by atoms with Crippen LogP contribution in [-0.4, -0.2) is 24.5 Å². The fourth-order valence-electron chi connectivity index (χ4n) is 4.59. The van der Waals surface area contributed by atoms with Crippen LogP contribution in [0.1, 0.15) is 41.5 Å². The van der Waals surface area contributed by atoms with Gasteiger partial charge in [-0.25, -0.2) is 0 Å². The van der Waals surface area contributed by atoms with Gasteiger partial charge in [0.15, 0.2) is 0 Å². The quantitative estimate of drug-likeness (QED) is 0.851. The molecule has 2 N–H and O–H groups in total. The van der Waals surface area contributed by atoms with Crippen molar-refractivity contribution in [3.63, 3.8) is 0 Å². The minimum atomic E-state index is 0.464. The second-order valence-electron chi connectivity index (χ2n) is 7.94. The first-order valence-electron chi connectivity index (χ1n) is 10.3. The summed E-state index contributed by atoms with van der Waals surface area (Å²) >= 11 is 0. The minimum Gasteiger partial charge on any atom is -0.402 e. The molecule has 1 fully saturated rings. The molecule has 1 atom stereocenters. The maximum atomic E-state index is 5.97. The standard InChI is InChI=1S/C25H30N2/c1-19(26)22-10-6-16-27(18-22)17-7-13-25-23-11-4-2-8-20(23)14-15-21-9-3-5-12-24(21)25/h2-5,8-9,11-13,22H,1,6-7,10,14-18,26H2. The molecule has 1 saturated heterocycles. The Morgan fingerprint density at radius 2 is 1.67 bits per heavy atom. The van der Waals surface area contributed by atoms with Crippen LogP contribution in [0.15, 0.2) is 66.9 Å². The summed E-state index contributed by atoms with van der Waals surface area (Å²) in [6, 6.07) is 17.8. The van der Waals surface area contributed by atoms with E-state index in [0.717, 1.165) is 38.0 Å². The van der Waals surface area contributed by atoms with Crippen molar-refractivity contribution in [3.8, 4) is 0 Å². The van der Waals surface area contributed by atoms with Gasteiger partial charge in [0.2, 0.25) is 0 Å². The molecule has 0 bridgehead atoms. The highest BCUT2D eigenvalue weighted by molar-refractivity contribution is 5.83. The predicted molar refractivity (Wildman–Crippen MR) is 114 cm³/mol. The highest BCUT2D eigenvalue weighted by Crippen LogP contribution is 2.33. The van der Waals surface area contributed by atoms with E-state index in [0.29, 0.717) is 5.92 Å². The first kappa shape index (κ1) is 18.1. The molecule has 2 nitrogen and oxygen atoms in total. The summed E-state index contributed by atoms with van der Waals surface area (Å²) in [4.78, 5) is 2.55. The summed E-state index contributed by atoms with van der Waals surface area (Å²) in [6.07, 6.45) is 8.19. The van der Waals surface area contributed by atoms with Crippen molar-refractivity contribution in [2.24, 2.45) is 11.7 Å². The number of rotatable bonds is 4. The van der Waals surface area contributed by atoms with Crippen LogP contribution < -0.4 is 5.73 Å². The Bertz CT molecular complexity index is 799. The molecule has 1 aliphatic heterocycles. The Morgan fingerprint density at radius 3 is 2.30 bits per heavy atom. The molecule has 140 valence electrons. The van der Waals surface area contributed by atoms with Crippen molar-refractivity contribution >= 4 is 5.57 Å². The van der Waals surface area contributed by atoms with Gasteiger partial charge in [0.25, 0.3) is 0 Å². The largest absolute Gasteiger partial charge is 0.402 e. The van der Waals surface area contributed by atoms with E-state index >= 15 is 0 Å². The van der Waals surface area contributed by atoms with Crippen molar-refractivity contribution < 1.29 is 0 Å². The van der Waals surface area contributed by atoms with Crippen LogP contribution in [0.25, 0.3) is 5.57 Å². The molecule has 0 radical (unpaired) electrons. The van der Waals surface area contributed by atoms with Crippen LogP contribution in [-0.2, 0) is 12.8 Å². The third-order valence-electron chi connectivity index (χ3n) is 6.10. The lowest BCUT2D eigenvalue weighted by Gasteiger charge is -2.32. The van der Waals surface area contributed by atoms with Crippen molar-refractivity contribution in [2.75, 3.05) is 19.6 Å². The average molecular weight is 359 g/mol. The molecule has 0 saturated carbocycles. The maximum Gasteiger partial charge on any atom is 0.0106 e. The van der Waals surface area contributed by atoms with E-state index < -0.39 is 0 Å². The number of likely N-dealkylation sites (tertiary alicyclic amines) is 1. The summed E-state index contributed by atoms with van der Waals surface area (Å²) in [6.45, 7) is 7.30. The zero-order chi connectivity index (χ0) is 18.6. The zero-order valence-corrected chi connectivity index (χ0v) is 16.2. The smallest absolute Gasteiger partial charge is 0.0106 e. The topological polar surface area (TPSA) is 29.3 Å². The van der Waals surface area contributed by atoms with E-state index in [4.69, 9.17) is 5.73 Å². The van der Waals surface area contributed by atoms with Gasteiger partial charge in [-0.05, 0) is 66.5 Å². The molecule has 2 heteroatoms. The Labute approximate surface area is 163 Å². The number of piperidine rings is 1. The van der Waals surface area contributed by atoms with Crippen molar-refractivity contribution in [2.45, 2.75) is 32.1 Å². The van der Waals surface area contributed by atoms with Gasteiger partial charge in [-0.2, -0.15) is 0 Å². The predicted octanol–water partition coefficient (Wildman–Crippen LogP) is 4.79. The zero-order valence-electron chi connectivity index (χ0n) is 16.2. The van der Waals surface area contributed by atoms with Crippen LogP contribution in [0, 0.1) is 5.92 Å². The van der Waals surface area contributed by atoms with Gasteiger partial charge in [0.05, 0.1) is 0 Å². The third-order valence-corrected chi connectivity index (χ3v) is 6.10. The van der Waals surface area contributed by atoms with E-state index in [-0.39, 0.29) is 0 Å². The molecule has 2 aliphatic rings. The van der Waals surface area contributed by atoms with Crippen LogP contribution in [0.4, 0.5) is 0 Å². The molecular formula is C25H30N2. The van der Waals surface area contributed by atoms with Gasteiger partial charge in [-0.3, -0.25) is 0 Å². The highest BCUT2D eigenvalue weighted by Gasteiger charge is 2.21. The molecule has 0 aromatic heterocycles. The number of nitrogens with zero attached hydrogens (tertiary/aromatic N) is 1. The van der Waals surface area contributed by atoms with Crippen LogP contribution >= 0.6 is 0 Å². The SMILES string of the molecule is C=C(N)C1CCCN(CCC=C2c3ccccc3CCc3ccccc32)C1. The van der Waals surface area contributed by atoms with E-state index in [2.05, 4.69) is 66.1 Å². The Morgan fingerprint density at radius 1 is 1.04 bits per heavy atom. The summed E-state index contributed by atoms with van der Waals surface area (Å²) in [7, 11) is 0. The van der Waals surface area contributed by atoms with Gasteiger partial charge in [0.1, 0.15) is 0 Å². The number of hydrogen-bond acceptors (Lipinski definition) is 2. The van der Waals surface area contributed by atoms with Gasteiger partial charge in [-0.1, -0.05) is 61.2 Å². The lowest BCUT2D eigenvalue weighted by molar-refractivity contribution is 0.194. The van der Waals surface area contributed by atoms with Crippen LogP contribution in [0.5, 0.6) is 0 Å². The molecule has 1 unspecified atom stereocenters. The number of benzene rings is 2. The minimum absolute atomic E-state index is 0.464. The number of fused-ring (bicyclic) bond motifs is 2. The first-order chi connectivity index (χ1) is 13.2. The molecule has 1 heterocycles. The second-order valence-corrected chi connectivity index (χ2v) is 7.94. The normalized spacial score (nSPS) is 19.7. The summed E-state index contributed by atoms with van der Waals surface area (Å²) < 4.78 is 0. The Balaban J connectivity index is 1.56. The van der Waals surface area contributed by atoms with Gasteiger partial charge >= 0.3 is 0 Å². The fraction of sp³-hybridized carbons (Fsp3) is 0.360. The lowest BCUT2D eigenvalue weighted by atomic mass is 9.93. The Kier molecular flexibility index (Phi) is 5.45. The highest BCUT2D eigenvalue weighted by atomic mass is 15.1. The molecule has 2 aromatic rings. The molecule has 0 spiro atoms. The number of aryl methyl sites for hydroxylation is 2. The molecular weight excluding hydrogens is 328 g/mol. The van der Waals surface area contributed by atoms with Crippen molar-refractivity contribution in [1.29, 1.82) is 0 Å². The number of hydrogen-bond donors (Lipinski definition) is 1. The maximum absolute atomic E-state index is 5.97. The fourth-order valence-corrected chi connectivity index (χ4v) is 4.59. The lowest BCUT2D eigenvalue weighted by Crippen LogP contribution is -2.37. The molecule has 1 aliphatic carbocycles. The van der Waals surface area contributed by atoms with E-state index in [1.807, 2.05) is 0 Å². The third kappa shape index (κ3) is 4.01. The average Bonchev–Trinajstić information content (AvgIpc) is 2.86. The Hall–Kier alpha value is -2.32. The van der Waals surface area contributed by atoms with Gasteiger partial charge < -0.3 is 10.6 Å². The monoisotopic (exact) mass is 358 g/mol.